The van der Waals surface area contributed by atoms with E-state index in [1.54, 1.807) is 7.11 Å². The molecule has 1 fully saturated rings. The van der Waals surface area contributed by atoms with Crippen LogP contribution < -0.4 is 10.1 Å². The highest BCUT2D eigenvalue weighted by Gasteiger charge is 2.21. The Morgan fingerprint density at radius 2 is 2.03 bits per heavy atom. The number of aromatic nitrogens is 4. The molecular formula is C23H30N6O2. The third kappa shape index (κ3) is 4.09. The first-order chi connectivity index (χ1) is 15.2. The summed E-state index contributed by atoms with van der Waals surface area (Å²) in [6.07, 6.45) is 10.8. The van der Waals surface area contributed by atoms with Gasteiger partial charge in [-0.2, -0.15) is 10.1 Å². The molecule has 1 aliphatic carbocycles. The van der Waals surface area contributed by atoms with Crippen LogP contribution >= 0.6 is 0 Å². The van der Waals surface area contributed by atoms with E-state index in [0.717, 1.165) is 54.8 Å². The summed E-state index contributed by atoms with van der Waals surface area (Å²) >= 11 is 0. The second-order valence-electron chi connectivity index (χ2n) is 8.55. The Labute approximate surface area is 182 Å². The Hall–Kier alpha value is -2.71. The fourth-order valence-electron chi connectivity index (χ4n) is 4.85. The molecule has 0 unspecified atom stereocenters. The zero-order valence-corrected chi connectivity index (χ0v) is 18.0. The van der Waals surface area contributed by atoms with Gasteiger partial charge in [-0.1, -0.05) is 19.3 Å². The lowest BCUT2D eigenvalue weighted by molar-refractivity contribution is 0.184. The SMILES string of the molecule is COc1cc2c(cc1Nc1ncc3cnn(C4CCCCC4)c3n1)CN(CCO)CC2. The van der Waals surface area contributed by atoms with Crippen LogP contribution in [0, 0.1) is 0 Å². The Kier molecular flexibility index (Phi) is 5.74. The Balaban J connectivity index is 1.44. The molecule has 0 amide bonds. The number of benzene rings is 1. The van der Waals surface area contributed by atoms with Gasteiger partial charge in [-0.3, -0.25) is 4.90 Å². The highest BCUT2D eigenvalue weighted by Crippen LogP contribution is 2.34. The van der Waals surface area contributed by atoms with Gasteiger partial charge in [0.15, 0.2) is 5.65 Å². The van der Waals surface area contributed by atoms with E-state index in [1.807, 2.05) is 12.4 Å². The number of fused-ring (bicyclic) bond motifs is 2. The lowest BCUT2D eigenvalue weighted by Gasteiger charge is -2.29. The molecule has 0 saturated heterocycles. The number of nitrogens with one attached hydrogen (secondary N) is 1. The minimum atomic E-state index is 0.180. The lowest BCUT2D eigenvalue weighted by atomic mass is 9.96. The van der Waals surface area contributed by atoms with Crippen molar-refractivity contribution in [3.8, 4) is 5.75 Å². The first-order valence-corrected chi connectivity index (χ1v) is 11.3. The van der Waals surface area contributed by atoms with Gasteiger partial charge in [0, 0.05) is 25.8 Å². The van der Waals surface area contributed by atoms with E-state index in [9.17, 15) is 5.11 Å². The van der Waals surface area contributed by atoms with E-state index in [2.05, 4.69) is 37.1 Å². The van der Waals surface area contributed by atoms with Crippen LogP contribution in [-0.4, -0.2) is 56.6 Å². The topological polar surface area (TPSA) is 88.3 Å². The van der Waals surface area contributed by atoms with Gasteiger partial charge in [0.2, 0.25) is 5.95 Å². The van der Waals surface area contributed by atoms with Gasteiger partial charge in [0.1, 0.15) is 5.75 Å². The predicted molar refractivity (Wildman–Crippen MR) is 120 cm³/mol. The fourth-order valence-corrected chi connectivity index (χ4v) is 4.85. The average molecular weight is 423 g/mol. The Morgan fingerprint density at radius 3 is 2.84 bits per heavy atom. The standard InChI is InChI=1S/C23H30N6O2/c1-31-21-12-16-7-8-28(9-10-30)15-17(16)11-20(21)26-23-24-13-18-14-25-29(22(18)27-23)19-5-3-2-4-6-19/h11-14,19,30H,2-10,15H2,1H3,(H,24,26,27). The maximum Gasteiger partial charge on any atom is 0.229 e. The van der Waals surface area contributed by atoms with Crippen molar-refractivity contribution in [2.45, 2.75) is 51.1 Å². The minimum absolute atomic E-state index is 0.180. The summed E-state index contributed by atoms with van der Waals surface area (Å²) in [7, 11) is 1.69. The summed E-state index contributed by atoms with van der Waals surface area (Å²) in [6.45, 7) is 2.65. The van der Waals surface area contributed by atoms with Crippen molar-refractivity contribution in [3.05, 3.63) is 35.7 Å². The van der Waals surface area contributed by atoms with E-state index in [1.165, 1.54) is 30.4 Å². The molecule has 2 aliphatic rings. The van der Waals surface area contributed by atoms with Crippen LogP contribution in [0.25, 0.3) is 11.0 Å². The maximum absolute atomic E-state index is 9.29. The zero-order valence-electron chi connectivity index (χ0n) is 18.0. The van der Waals surface area contributed by atoms with Gasteiger partial charge in [0.25, 0.3) is 0 Å². The van der Waals surface area contributed by atoms with Crippen LogP contribution in [0.1, 0.15) is 49.3 Å². The van der Waals surface area contributed by atoms with Crippen molar-refractivity contribution in [2.75, 3.05) is 32.1 Å². The van der Waals surface area contributed by atoms with Gasteiger partial charge in [-0.05, 0) is 42.5 Å². The predicted octanol–water partition coefficient (Wildman–Crippen LogP) is 3.43. The van der Waals surface area contributed by atoms with E-state index in [4.69, 9.17) is 9.72 Å². The molecule has 0 atom stereocenters. The second kappa shape index (κ2) is 8.80. The monoisotopic (exact) mass is 422 g/mol. The number of hydrogen-bond donors (Lipinski definition) is 2. The number of methoxy groups -OCH3 is 1. The summed E-state index contributed by atoms with van der Waals surface area (Å²) < 4.78 is 7.74. The minimum Gasteiger partial charge on any atom is -0.495 e. The summed E-state index contributed by atoms with van der Waals surface area (Å²) in [5, 5.41) is 18.2. The van der Waals surface area contributed by atoms with Crippen molar-refractivity contribution in [2.24, 2.45) is 0 Å². The van der Waals surface area contributed by atoms with Crippen LogP contribution in [0.5, 0.6) is 5.75 Å². The van der Waals surface area contributed by atoms with Crippen LogP contribution in [0.2, 0.25) is 0 Å². The molecule has 8 nitrogen and oxygen atoms in total. The maximum atomic E-state index is 9.29. The number of rotatable bonds is 6. The molecule has 1 aromatic carbocycles. The molecule has 1 saturated carbocycles. The first-order valence-electron chi connectivity index (χ1n) is 11.3. The third-order valence-electron chi connectivity index (χ3n) is 6.53. The molecule has 1 aliphatic heterocycles. The van der Waals surface area contributed by atoms with Crippen molar-refractivity contribution in [1.29, 1.82) is 0 Å². The van der Waals surface area contributed by atoms with E-state index in [-0.39, 0.29) is 6.61 Å². The molecule has 3 heterocycles. The normalized spacial score (nSPS) is 17.6. The molecular weight excluding hydrogens is 392 g/mol. The smallest absolute Gasteiger partial charge is 0.229 e. The molecule has 0 radical (unpaired) electrons. The van der Waals surface area contributed by atoms with Gasteiger partial charge < -0.3 is 15.2 Å². The van der Waals surface area contributed by atoms with Gasteiger partial charge >= 0.3 is 0 Å². The molecule has 0 bridgehead atoms. The summed E-state index contributed by atoms with van der Waals surface area (Å²) in [4.78, 5) is 11.6. The third-order valence-corrected chi connectivity index (χ3v) is 6.53. The zero-order chi connectivity index (χ0) is 21.2. The first kappa shape index (κ1) is 20.2. The molecule has 2 aromatic heterocycles. The number of aliphatic hydroxyl groups excluding tert-OH is 1. The molecule has 5 rings (SSSR count). The quantitative estimate of drug-likeness (QED) is 0.629. The summed E-state index contributed by atoms with van der Waals surface area (Å²) in [5.41, 5.74) is 4.28. The summed E-state index contributed by atoms with van der Waals surface area (Å²) in [6, 6.07) is 4.66. The molecule has 164 valence electrons. The number of ether oxygens (including phenoxy) is 1. The number of anilines is 2. The van der Waals surface area contributed by atoms with Gasteiger partial charge in [0.05, 0.1) is 37.0 Å². The lowest BCUT2D eigenvalue weighted by Crippen LogP contribution is -2.32. The Bertz CT molecular complexity index is 1060. The van der Waals surface area contributed by atoms with E-state index in [0.29, 0.717) is 18.5 Å². The van der Waals surface area contributed by atoms with Crippen LogP contribution in [-0.2, 0) is 13.0 Å². The summed E-state index contributed by atoms with van der Waals surface area (Å²) in [5.74, 6) is 1.34. The van der Waals surface area contributed by atoms with Crippen molar-refractivity contribution in [1.82, 2.24) is 24.6 Å². The number of nitrogens with zero attached hydrogens (tertiary/aromatic N) is 5. The van der Waals surface area contributed by atoms with Crippen LogP contribution in [0.4, 0.5) is 11.6 Å². The fraction of sp³-hybridized carbons (Fsp3) is 0.522. The largest absolute Gasteiger partial charge is 0.495 e. The molecule has 8 heteroatoms. The molecule has 0 spiro atoms. The molecule has 31 heavy (non-hydrogen) atoms. The van der Waals surface area contributed by atoms with Crippen LogP contribution in [0.3, 0.4) is 0 Å². The Morgan fingerprint density at radius 1 is 1.16 bits per heavy atom. The van der Waals surface area contributed by atoms with Crippen molar-refractivity contribution < 1.29 is 9.84 Å². The van der Waals surface area contributed by atoms with Crippen molar-refractivity contribution >= 4 is 22.7 Å². The number of hydrogen-bond acceptors (Lipinski definition) is 7. The van der Waals surface area contributed by atoms with E-state index >= 15 is 0 Å². The number of aliphatic hydroxyl groups is 1. The molecule has 3 aromatic rings. The average Bonchev–Trinajstić information content (AvgIpc) is 3.23. The van der Waals surface area contributed by atoms with E-state index < -0.39 is 0 Å². The molecule has 2 N–H and O–H groups in total. The second-order valence-corrected chi connectivity index (χ2v) is 8.55. The number of β-amino-alcohol motifs (C(OH)–C–C–N with tert-alkyl or cyclic N) is 1. The van der Waals surface area contributed by atoms with Crippen molar-refractivity contribution in [3.63, 3.8) is 0 Å². The highest BCUT2D eigenvalue weighted by atomic mass is 16.5. The van der Waals surface area contributed by atoms with Gasteiger partial charge in [-0.15, -0.1) is 0 Å². The highest BCUT2D eigenvalue weighted by molar-refractivity contribution is 5.76. The van der Waals surface area contributed by atoms with Gasteiger partial charge in [-0.25, -0.2) is 9.67 Å². The van der Waals surface area contributed by atoms with Crippen LogP contribution in [0.15, 0.2) is 24.5 Å².